The van der Waals surface area contributed by atoms with E-state index in [1.165, 1.54) is 0 Å². The number of anilines is 1. The summed E-state index contributed by atoms with van der Waals surface area (Å²) in [5, 5.41) is 9.81. The third kappa shape index (κ3) is 9.05. The molecule has 25 heavy (non-hydrogen) atoms. The molecule has 0 amide bonds. The molecule has 0 radical (unpaired) electrons. The first-order valence-electron chi connectivity index (χ1n) is 8.67. The third-order valence-corrected chi connectivity index (χ3v) is 4.85. The summed E-state index contributed by atoms with van der Waals surface area (Å²) in [6.07, 6.45) is 1.10. The fraction of sp³-hybridized carbons (Fsp3) is 0.765. The lowest BCUT2D eigenvalue weighted by atomic mass is 10.2. The van der Waals surface area contributed by atoms with Crippen LogP contribution in [0, 0.1) is 0 Å². The lowest BCUT2D eigenvalue weighted by molar-refractivity contribution is 0.173. The number of aliphatic imine (C=N–C) groups is 1. The zero-order chi connectivity index (χ0) is 18.1. The molecule has 8 heteroatoms. The number of hydrogen-bond acceptors (Lipinski definition) is 5. The van der Waals surface area contributed by atoms with Crippen molar-refractivity contribution in [3.63, 3.8) is 0 Å². The Morgan fingerprint density at radius 1 is 1.20 bits per heavy atom. The van der Waals surface area contributed by atoms with Crippen molar-refractivity contribution >= 4 is 46.4 Å². The van der Waals surface area contributed by atoms with Crippen LogP contribution in [-0.4, -0.2) is 62.2 Å². The Hall–Kier alpha value is -0.610. The lowest BCUT2D eigenvalue weighted by Crippen LogP contribution is -2.41. The first-order valence-corrected chi connectivity index (χ1v) is 9.55. The van der Waals surface area contributed by atoms with E-state index in [1.807, 2.05) is 19.0 Å². The van der Waals surface area contributed by atoms with Gasteiger partial charge < -0.3 is 15.5 Å². The highest BCUT2D eigenvalue weighted by molar-refractivity contribution is 14.0. The second-order valence-corrected chi connectivity index (χ2v) is 7.48. The van der Waals surface area contributed by atoms with Crippen LogP contribution in [0.15, 0.2) is 10.4 Å². The standard InChI is InChI=1S/C17H34N6S.HI/c1-13(2)23(14(3)4)10-8-9-19-16(18-5)20-11-15-12-24-17(21-15)22(6)7;/h12-14H,8-11H2,1-7H3,(H2,18,19,20);1H. The van der Waals surface area contributed by atoms with Crippen molar-refractivity contribution in [2.24, 2.45) is 4.99 Å². The molecule has 6 nitrogen and oxygen atoms in total. The van der Waals surface area contributed by atoms with Crippen LogP contribution < -0.4 is 15.5 Å². The van der Waals surface area contributed by atoms with Gasteiger partial charge in [-0.15, -0.1) is 35.3 Å². The summed E-state index contributed by atoms with van der Waals surface area (Å²) in [5.74, 6) is 0.829. The van der Waals surface area contributed by atoms with Crippen molar-refractivity contribution < 1.29 is 0 Å². The van der Waals surface area contributed by atoms with E-state index in [1.54, 1.807) is 18.4 Å². The maximum Gasteiger partial charge on any atom is 0.191 e. The predicted octanol–water partition coefficient (Wildman–Crippen LogP) is 3.00. The van der Waals surface area contributed by atoms with E-state index in [2.05, 4.69) is 58.6 Å². The molecule has 0 aliphatic carbocycles. The second-order valence-electron chi connectivity index (χ2n) is 6.65. The van der Waals surface area contributed by atoms with E-state index in [4.69, 9.17) is 0 Å². The number of hydrogen-bond donors (Lipinski definition) is 2. The summed E-state index contributed by atoms with van der Waals surface area (Å²) in [6.45, 7) is 11.7. The third-order valence-electron chi connectivity index (χ3n) is 3.79. The van der Waals surface area contributed by atoms with Crippen molar-refractivity contribution in [1.82, 2.24) is 20.5 Å². The molecule has 0 saturated carbocycles. The molecule has 0 aromatic carbocycles. The van der Waals surface area contributed by atoms with Crippen LogP contribution in [0.4, 0.5) is 5.13 Å². The van der Waals surface area contributed by atoms with Crippen LogP contribution in [0.3, 0.4) is 0 Å². The van der Waals surface area contributed by atoms with Gasteiger partial charge in [0.1, 0.15) is 0 Å². The molecule has 0 fully saturated rings. The van der Waals surface area contributed by atoms with Crippen LogP contribution in [0.2, 0.25) is 0 Å². The van der Waals surface area contributed by atoms with Crippen molar-refractivity contribution in [2.75, 3.05) is 39.1 Å². The maximum absolute atomic E-state index is 4.57. The summed E-state index contributed by atoms with van der Waals surface area (Å²) in [5.41, 5.74) is 1.04. The molecule has 0 bridgehead atoms. The lowest BCUT2D eigenvalue weighted by Gasteiger charge is -2.30. The van der Waals surface area contributed by atoms with E-state index in [0.717, 1.165) is 36.3 Å². The number of guanidine groups is 1. The second kappa shape index (κ2) is 12.7. The minimum Gasteiger partial charge on any atom is -0.356 e. The molecule has 2 N–H and O–H groups in total. The molecule has 1 heterocycles. The van der Waals surface area contributed by atoms with E-state index < -0.39 is 0 Å². The molecule has 1 rings (SSSR count). The van der Waals surface area contributed by atoms with Crippen molar-refractivity contribution in [2.45, 2.75) is 52.7 Å². The fourth-order valence-electron chi connectivity index (χ4n) is 2.56. The van der Waals surface area contributed by atoms with Gasteiger partial charge in [-0.3, -0.25) is 9.89 Å². The summed E-state index contributed by atoms with van der Waals surface area (Å²) >= 11 is 1.66. The number of halogens is 1. The van der Waals surface area contributed by atoms with Gasteiger partial charge in [0.2, 0.25) is 0 Å². The SMILES string of the molecule is CN=C(NCCCN(C(C)C)C(C)C)NCc1csc(N(C)C)n1.I. The number of rotatable bonds is 9. The molecule has 0 saturated heterocycles. The molecular weight excluding hydrogens is 447 g/mol. The number of thiazole rings is 1. The molecule has 0 unspecified atom stereocenters. The van der Waals surface area contributed by atoms with Crippen molar-refractivity contribution in [3.8, 4) is 0 Å². The molecule has 146 valence electrons. The van der Waals surface area contributed by atoms with Crippen LogP contribution >= 0.6 is 35.3 Å². The average Bonchev–Trinajstić information content (AvgIpc) is 2.98. The van der Waals surface area contributed by atoms with Crippen molar-refractivity contribution in [3.05, 3.63) is 11.1 Å². The largest absolute Gasteiger partial charge is 0.356 e. The average molecular weight is 482 g/mol. The zero-order valence-electron chi connectivity index (χ0n) is 16.7. The highest BCUT2D eigenvalue weighted by Crippen LogP contribution is 2.17. The normalized spacial score (nSPS) is 11.8. The van der Waals surface area contributed by atoms with Gasteiger partial charge in [0.25, 0.3) is 0 Å². The van der Waals surface area contributed by atoms with Gasteiger partial charge in [-0.2, -0.15) is 0 Å². The van der Waals surface area contributed by atoms with Gasteiger partial charge >= 0.3 is 0 Å². The maximum atomic E-state index is 4.57. The Morgan fingerprint density at radius 3 is 2.32 bits per heavy atom. The first kappa shape index (κ1) is 24.4. The first-order chi connectivity index (χ1) is 11.3. The van der Waals surface area contributed by atoms with Gasteiger partial charge in [0.05, 0.1) is 12.2 Å². The number of aromatic nitrogens is 1. The highest BCUT2D eigenvalue weighted by atomic mass is 127. The Balaban J connectivity index is 0.00000576. The minimum atomic E-state index is 0. The van der Waals surface area contributed by atoms with E-state index in [9.17, 15) is 0 Å². The summed E-state index contributed by atoms with van der Waals surface area (Å²) < 4.78 is 0. The smallest absolute Gasteiger partial charge is 0.191 e. The van der Waals surface area contributed by atoms with Gasteiger partial charge in [-0.05, 0) is 34.1 Å². The molecule has 1 aromatic rings. The van der Waals surface area contributed by atoms with Gasteiger partial charge in [0, 0.05) is 51.7 Å². The van der Waals surface area contributed by atoms with Crippen LogP contribution in [0.5, 0.6) is 0 Å². The van der Waals surface area contributed by atoms with E-state index >= 15 is 0 Å². The fourth-order valence-corrected chi connectivity index (χ4v) is 3.32. The molecule has 0 aliphatic rings. The molecular formula is C17H35IN6S. The number of nitrogens with zero attached hydrogens (tertiary/aromatic N) is 4. The minimum absolute atomic E-state index is 0. The molecule has 1 aromatic heterocycles. The van der Waals surface area contributed by atoms with E-state index in [-0.39, 0.29) is 24.0 Å². The Morgan fingerprint density at radius 2 is 1.84 bits per heavy atom. The molecule has 0 aliphatic heterocycles. The highest BCUT2D eigenvalue weighted by Gasteiger charge is 2.12. The van der Waals surface area contributed by atoms with Gasteiger partial charge in [-0.25, -0.2) is 4.98 Å². The van der Waals surface area contributed by atoms with Gasteiger partial charge in [0.15, 0.2) is 11.1 Å². The van der Waals surface area contributed by atoms with Crippen LogP contribution in [0.25, 0.3) is 0 Å². The zero-order valence-corrected chi connectivity index (χ0v) is 19.8. The topological polar surface area (TPSA) is 55.8 Å². The van der Waals surface area contributed by atoms with Gasteiger partial charge in [-0.1, -0.05) is 0 Å². The Bertz CT molecular complexity index is 493. The molecule has 0 spiro atoms. The summed E-state index contributed by atoms with van der Waals surface area (Å²) in [4.78, 5) is 13.4. The van der Waals surface area contributed by atoms with Crippen LogP contribution in [0.1, 0.15) is 39.8 Å². The Labute approximate surface area is 174 Å². The molecule has 0 atom stereocenters. The Kier molecular flexibility index (Phi) is 12.4. The number of nitrogens with one attached hydrogen (secondary N) is 2. The van der Waals surface area contributed by atoms with Crippen molar-refractivity contribution in [1.29, 1.82) is 0 Å². The predicted molar refractivity (Wildman–Crippen MR) is 122 cm³/mol. The van der Waals surface area contributed by atoms with E-state index in [0.29, 0.717) is 18.6 Å². The van der Waals surface area contributed by atoms with Crippen LogP contribution in [-0.2, 0) is 6.54 Å². The summed E-state index contributed by atoms with van der Waals surface area (Å²) in [6, 6.07) is 1.16. The monoisotopic (exact) mass is 482 g/mol. The summed E-state index contributed by atoms with van der Waals surface area (Å²) in [7, 11) is 5.82. The quantitative estimate of drug-likeness (QED) is 0.245.